The van der Waals surface area contributed by atoms with E-state index >= 15 is 0 Å². The molecule has 138 valence electrons. The second-order valence-electron chi connectivity index (χ2n) is 6.55. The molecule has 2 aromatic rings. The third-order valence-corrected chi connectivity index (χ3v) is 4.75. The molecule has 0 radical (unpaired) electrons. The van der Waals surface area contributed by atoms with Gasteiger partial charge >= 0.3 is 0 Å². The van der Waals surface area contributed by atoms with Crippen LogP contribution in [0.5, 0.6) is 5.75 Å². The molecule has 2 amide bonds. The zero-order chi connectivity index (χ0) is 18.7. The number of rotatable bonds is 4. The molecule has 6 heteroatoms. The van der Waals surface area contributed by atoms with Crippen molar-refractivity contribution in [3.05, 3.63) is 52.8 Å². The summed E-state index contributed by atoms with van der Waals surface area (Å²) >= 11 is 0. The van der Waals surface area contributed by atoms with E-state index < -0.39 is 0 Å². The third kappa shape index (κ3) is 3.59. The number of hydrogen-bond acceptors (Lipinski definition) is 3. The minimum Gasteiger partial charge on any atom is -0.494 e. The Labute approximate surface area is 153 Å². The number of aromatic amines is 1. The van der Waals surface area contributed by atoms with Gasteiger partial charge in [-0.15, -0.1) is 0 Å². The number of aromatic nitrogens is 1. The highest BCUT2D eigenvalue weighted by molar-refractivity contribution is 5.97. The smallest absolute Gasteiger partial charge is 0.255 e. The molecule has 2 heterocycles. The molecule has 6 nitrogen and oxygen atoms in total. The van der Waals surface area contributed by atoms with E-state index in [9.17, 15) is 9.59 Å². The summed E-state index contributed by atoms with van der Waals surface area (Å²) in [5.41, 5.74) is 3.23. The fourth-order valence-electron chi connectivity index (χ4n) is 3.25. The molecule has 0 aliphatic carbocycles. The van der Waals surface area contributed by atoms with Crippen molar-refractivity contribution in [2.45, 2.75) is 20.8 Å². The summed E-state index contributed by atoms with van der Waals surface area (Å²) in [5.74, 6) is 0.845. The minimum atomic E-state index is 0.00596. The molecule has 1 aromatic heterocycles. The first-order valence-electron chi connectivity index (χ1n) is 8.96. The first kappa shape index (κ1) is 18.0. The zero-order valence-electron chi connectivity index (χ0n) is 15.5. The number of piperazine rings is 1. The van der Waals surface area contributed by atoms with Gasteiger partial charge in [0.2, 0.25) is 0 Å². The SMILES string of the molecule is CCOc1cc(C)c(C(=O)N2CCN(C(=O)c3cc[nH]c3)CC2)cc1C. The summed E-state index contributed by atoms with van der Waals surface area (Å²) < 4.78 is 5.60. The molecule has 0 saturated carbocycles. The van der Waals surface area contributed by atoms with Gasteiger partial charge in [-0.25, -0.2) is 0 Å². The van der Waals surface area contributed by atoms with E-state index in [1.54, 1.807) is 23.4 Å². The number of hydrogen-bond donors (Lipinski definition) is 1. The fraction of sp³-hybridized carbons (Fsp3) is 0.400. The highest BCUT2D eigenvalue weighted by Crippen LogP contribution is 2.24. The summed E-state index contributed by atoms with van der Waals surface area (Å²) in [5, 5.41) is 0. The predicted molar refractivity (Wildman–Crippen MR) is 99.7 cm³/mol. The van der Waals surface area contributed by atoms with Crippen LogP contribution in [0, 0.1) is 13.8 Å². The number of aryl methyl sites for hydroxylation is 2. The molecule has 1 aromatic carbocycles. The second kappa shape index (κ2) is 7.64. The molecule has 1 saturated heterocycles. The summed E-state index contributed by atoms with van der Waals surface area (Å²) in [7, 11) is 0. The van der Waals surface area contributed by atoms with E-state index in [1.807, 2.05) is 37.8 Å². The Hall–Kier alpha value is -2.76. The normalized spacial score (nSPS) is 14.4. The number of ether oxygens (including phenoxy) is 1. The maximum absolute atomic E-state index is 12.9. The average Bonchev–Trinajstić information content (AvgIpc) is 3.18. The third-order valence-electron chi connectivity index (χ3n) is 4.75. The van der Waals surface area contributed by atoms with E-state index in [1.165, 1.54) is 0 Å². The van der Waals surface area contributed by atoms with Crippen LogP contribution in [0.1, 0.15) is 38.8 Å². The Morgan fingerprint density at radius 1 is 1.04 bits per heavy atom. The van der Waals surface area contributed by atoms with Crippen molar-refractivity contribution < 1.29 is 14.3 Å². The van der Waals surface area contributed by atoms with Crippen LogP contribution in [0.25, 0.3) is 0 Å². The van der Waals surface area contributed by atoms with E-state index in [2.05, 4.69) is 4.98 Å². The number of benzene rings is 1. The van der Waals surface area contributed by atoms with Crippen LogP contribution in [0.2, 0.25) is 0 Å². The van der Waals surface area contributed by atoms with Gasteiger partial charge in [-0.2, -0.15) is 0 Å². The predicted octanol–water partition coefficient (Wildman–Crippen LogP) is 2.63. The fourth-order valence-corrected chi connectivity index (χ4v) is 3.25. The Kier molecular flexibility index (Phi) is 5.30. The quantitative estimate of drug-likeness (QED) is 0.917. The van der Waals surface area contributed by atoms with E-state index in [4.69, 9.17) is 4.74 Å². The van der Waals surface area contributed by atoms with Gasteiger partial charge in [0.15, 0.2) is 0 Å². The Balaban J connectivity index is 1.67. The molecule has 26 heavy (non-hydrogen) atoms. The number of nitrogens with one attached hydrogen (secondary N) is 1. The average molecular weight is 355 g/mol. The van der Waals surface area contributed by atoms with Gasteiger partial charge in [0.1, 0.15) is 5.75 Å². The monoisotopic (exact) mass is 355 g/mol. The van der Waals surface area contributed by atoms with Gasteiger partial charge in [-0.3, -0.25) is 9.59 Å². The highest BCUT2D eigenvalue weighted by atomic mass is 16.5. The van der Waals surface area contributed by atoms with E-state index in [0.717, 1.165) is 16.9 Å². The maximum Gasteiger partial charge on any atom is 0.255 e. The lowest BCUT2D eigenvalue weighted by molar-refractivity contribution is 0.0535. The van der Waals surface area contributed by atoms with Crippen molar-refractivity contribution in [1.29, 1.82) is 0 Å². The molecule has 1 fully saturated rings. The van der Waals surface area contributed by atoms with Crippen molar-refractivity contribution in [3.63, 3.8) is 0 Å². The lowest BCUT2D eigenvalue weighted by atomic mass is 10.0. The first-order valence-corrected chi connectivity index (χ1v) is 8.96. The van der Waals surface area contributed by atoms with Crippen LogP contribution in [-0.4, -0.2) is 59.4 Å². The van der Waals surface area contributed by atoms with Crippen LogP contribution in [-0.2, 0) is 0 Å². The van der Waals surface area contributed by atoms with Crippen LogP contribution in [0.4, 0.5) is 0 Å². The topological polar surface area (TPSA) is 65.6 Å². The van der Waals surface area contributed by atoms with E-state index in [0.29, 0.717) is 43.9 Å². The molecule has 1 N–H and O–H groups in total. The number of carbonyl (C=O) groups is 2. The summed E-state index contributed by atoms with van der Waals surface area (Å²) in [6.45, 7) is 8.61. The van der Waals surface area contributed by atoms with E-state index in [-0.39, 0.29) is 11.8 Å². The molecule has 0 unspecified atom stereocenters. The number of carbonyl (C=O) groups excluding carboxylic acids is 2. The van der Waals surface area contributed by atoms with Crippen molar-refractivity contribution in [2.75, 3.05) is 32.8 Å². The minimum absolute atomic E-state index is 0.00596. The maximum atomic E-state index is 12.9. The Morgan fingerprint density at radius 2 is 1.69 bits per heavy atom. The lowest BCUT2D eigenvalue weighted by Crippen LogP contribution is -2.50. The second-order valence-corrected chi connectivity index (χ2v) is 6.55. The molecule has 1 aliphatic rings. The van der Waals surface area contributed by atoms with Crippen LogP contribution in [0.15, 0.2) is 30.6 Å². The Morgan fingerprint density at radius 3 is 2.27 bits per heavy atom. The van der Waals surface area contributed by atoms with Gasteiger partial charge in [-0.1, -0.05) is 0 Å². The molecule has 0 bridgehead atoms. The van der Waals surface area contributed by atoms with Gasteiger partial charge in [0.25, 0.3) is 11.8 Å². The van der Waals surface area contributed by atoms with Crippen molar-refractivity contribution >= 4 is 11.8 Å². The van der Waals surface area contributed by atoms with Gasteiger partial charge in [-0.05, 0) is 50.1 Å². The van der Waals surface area contributed by atoms with Crippen molar-refractivity contribution in [1.82, 2.24) is 14.8 Å². The summed E-state index contributed by atoms with van der Waals surface area (Å²) in [6, 6.07) is 5.60. The summed E-state index contributed by atoms with van der Waals surface area (Å²) in [6.07, 6.45) is 3.44. The number of amides is 2. The molecule has 1 aliphatic heterocycles. The highest BCUT2D eigenvalue weighted by Gasteiger charge is 2.26. The lowest BCUT2D eigenvalue weighted by Gasteiger charge is -2.35. The van der Waals surface area contributed by atoms with Gasteiger partial charge in [0.05, 0.1) is 12.2 Å². The molecular weight excluding hydrogens is 330 g/mol. The largest absolute Gasteiger partial charge is 0.494 e. The summed E-state index contributed by atoms with van der Waals surface area (Å²) in [4.78, 5) is 31.8. The molecule has 0 spiro atoms. The molecule has 3 rings (SSSR count). The van der Waals surface area contributed by atoms with Gasteiger partial charge < -0.3 is 19.5 Å². The zero-order valence-corrected chi connectivity index (χ0v) is 15.5. The number of H-pyrrole nitrogens is 1. The van der Waals surface area contributed by atoms with Crippen LogP contribution in [0.3, 0.4) is 0 Å². The first-order chi connectivity index (χ1) is 12.5. The van der Waals surface area contributed by atoms with Gasteiger partial charge in [0, 0.05) is 44.1 Å². The molecular formula is C20H25N3O3. The van der Waals surface area contributed by atoms with Crippen molar-refractivity contribution in [3.8, 4) is 5.75 Å². The van der Waals surface area contributed by atoms with Crippen molar-refractivity contribution in [2.24, 2.45) is 0 Å². The molecule has 0 atom stereocenters. The van der Waals surface area contributed by atoms with Crippen LogP contribution < -0.4 is 4.74 Å². The standard InChI is InChI=1S/C20H25N3O3/c1-4-26-18-12-14(2)17(11-15(18)3)20(25)23-9-7-22(8-10-23)19(24)16-5-6-21-13-16/h5-6,11-13,21H,4,7-10H2,1-3H3. The van der Waals surface area contributed by atoms with Crippen LogP contribution >= 0.6 is 0 Å². The Bertz CT molecular complexity index is 791. The number of nitrogens with zero attached hydrogens (tertiary/aromatic N) is 2.